The van der Waals surface area contributed by atoms with Crippen LogP contribution in [0.25, 0.3) is 22.1 Å². The number of rotatable bonds is 1. The third-order valence-corrected chi connectivity index (χ3v) is 2.91. The van der Waals surface area contributed by atoms with E-state index < -0.39 is 11.8 Å². The molecule has 0 saturated heterocycles. The van der Waals surface area contributed by atoms with Crippen LogP contribution in [0.15, 0.2) is 57.7 Å². The molecule has 0 radical (unpaired) electrons. The molecule has 0 atom stereocenters. The first-order valence-electron chi connectivity index (χ1n) is 5.67. The van der Waals surface area contributed by atoms with Gasteiger partial charge in [-0.15, -0.1) is 0 Å². The topological polar surface area (TPSA) is 50.4 Å². The molecule has 3 nitrogen and oxygen atoms in total. The van der Waals surface area contributed by atoms with Crippen LogP contribution in [0.2, 0.25) is 0 Å². The lowest BCUT2D eigenvalue weighted by atomic mass is 10.1. The maximum absolute atomic E-state index is 12.9. The summed E-state index contributed by atoms with van der Waals surface area (Å²) in [6, 6.07) is 11.9. The monoisotopic (exact) mass is 256 g/mol. The SMILES string of the molecule is O=c1c(-c2ccc(F)cc2)c(O)oc2ccccc12. The summed E-state index contributed by atoms with van der Waals surface area (Å²) in [7, 11) is 0. The van der Waals surface area contributed by atoms with Gasteiger partial charge in [0.2, 0.25) is 5.43 Å². The van der Waals surface area contributed by atoms with Gasteiger partial charge in [0.05, 0.1) is 5.39 Å². The first-order chi connectivity index (χ1) is 9.16. The highest BCUT2D eigenvalue weighted by Gasteiger charge is 2.15. The summed E-state index contributed by atoms with van der Waals surface area (Å²) in [5.74, 6) is -0.872. The van der Waals surface area contributed by atoms with Crippen LogP contribution in [0.5, 0.6) is 5.95 Å². The molecule has 1 N–H and O–H groups in total. The molecule has 3 aromatic rings. The Bertz CT molecular complexity index is 804. The Morgan fingerprint density at radius 3 is 2.42 bits per heavy atom. The van der Waals surface area contributed by atoms with E-state index in [1.807, 2.05) is 0 Å². The van der Waals surface area contributed by atoms with Crippen molar-refractivity contribution in [2.75, 3.05) is 0 Å². The standard InChI is InChI=1S/C15H9FO3/c16-10-7-5-9(6-8-10)13-14(17)11-3-1-2-4-12(11)19-15(13)18/h1-8,18H. The van der Waals surface area contributed by atoms with E-state index in [0.29, 0.717) is 16.5 Å². The smallest absolute Gasteiger partial charge is 0.294 e. The van der Waals surface area contributed by atoms with E-state index in [2.05, 4.69) is 0 Å². The van der Waals surface area contributed by atoms with E-state index in [0.717, 1.165) is 0 Å². The van der Waals surface area contributed by atoms with Crippen molar-refractivity contribution in [1.82, 2.24) is 0 Å². The highest BCUT2D eigenvalue weighted by molar-refractivity contribution is 5.83. The second kappa shape index (κ2) is 4.24. The Balaban J connectivity index is 2.35. The molecule has 94 valence electrons. The van der Waals surface area contributed by atoms with Gasteiger partial charge in [-0.1, -0.05) is 24.3 Å². The third-order valence-electron chi connectivity index (χ3n) is 2.91. The summed E-state index contributed by atoms with van der Waals surface area (Å²) in [6.45, 7) is 0. The first-order valence-corrected chi connectivity index (χ1v) is 5.67. The first kappa shape index (κ1) is 11.5. The zero-order valence-corrected chi connectivity index (χ0v) is 9.76. The largest absolute Gasteiger partial charge is 0.480 e. The van der Waals surface area contributed by atoms with E-state index in [4.69, 9.17) is 4.42 Å². The molecule has 2 aromatic carbocycles. The maximum atomic E-state index is 12.9. The summed E-state index contributed by atoms with van der Waals surface area (Å²) in [5.41, 5.74) is 0.430. The van der Waals surface area contributed by atoms with Crippen LogP contribution in [0.1, 0.15) is 0 Å². The Morgan fingerprint density at radius 2 is 1.68 bits per heavy atom. The van der Waals surface area contributed by atoms with Crippen LogP contribution in [-0.4, -0.2) is 5.11 Å². The number of aromatic hydroxyl groups is 1. The fourth-order valence-electron chi connectivity index (χ4n) is 2.00. The molecule has 0 amide bonds. The average Bonchev–Trinajstić information content (AvgIpc) is 2.41. The molecule has 0 aliphatic heterocycles. The molecule has 0 aliphatic rings. The minimum Gasteiger partial charge on any atom is -0.480 e. The molecular weight excluding hydrogens is 247 g/mol. The predicted molar refractivity (Wildman–Crippen MR) is 69.5 cm³/mol. The van der Waals surface area contributed by atoms with Gasteiger partial charge in [0.25, 0.3) is 5.95 Å². The Labute approximate surface area is 107 Å². The van der Waals surface area contributed by atoms with Gasteiger partial charge in [-0.05, 0) is 29.8 Å². The molecule has 0 saturated carbocycles. The predicted octanol–water partition coefficient (Wildman–Crippen LogP) is 3.30. The molecule has 0 aliphatic carbocycles. The number of hydrogen-bond acceptors (Lipinski definition) is 3. The van der Waals surface area contributed by atoms with Crippen molar-refractivity contribution in [3.63, 3.8) is 0 Å². The van der Waals surface area contributed by atoms with E-state index in [1.165, 1.54) is 24.3 Å². The van der Waals surface area contributed by atoms with E-state index in [9.17, 15) is 14.3 Å². The number of fused-ring (bicyclic) bond motifs is 1. The lowest BCUT2D eigenvalue weighted by Crippen LogP contribution is -2.05. The molecule has 0 unspecified atom stereocenters. The lowest BCUT2D eigenvalue weighted by Gasteiger charge is -2.05. The zero-order valence-electron chi connectivity index (χ0n) is 9.76. The summed E-state index contributed by atoms with van der Waals surface area (Å²) < 4.78 is 18.1. The average molecular weight is 256 g/mol. The normalized spacial score (nSPS) is 10.8. The van der Waals surface area contributed by atoms with Gasteiger partial charge in [0, 0.05) is 0 Å². The lowest BCUT2D eigenvalue weighted by molar-refractivity contribution is 0.342. The van der Waals surface area contributed by atoms with Gasteiger partial charge in [-0.2, -0.15) is 0 Å². The Hall–Kier alpha value is -2.62. The van der Waals surface area contributed by atoms with Crippen LogP contribution < -0.4 is 5.43 Å². The van der Waals surface area contributed by atoms with Crippen molar-refractivity contribution >= 4 is 11.0 Å². The quantitative estimate of drug-likeness (QED) is 0.726. The van der Waals surface area contributed by atoms with Crippen LogP contribution in [0.4, 0.5) is 4.39 Å². The van der Waals surface area contributed by atoms with Crippen LogP contribution in [-0.2, 0) is 0 Å². The van der Waals surface area contributed by atoms with Gasteiger partial charge in [0.1, 0.15) is 17.0 Å². The van der Waals surface area contributed by atoms with Crippen molar-refractivity contribution in [3.8, 4) is 17.1 Å². The minimum absolute atomic E-state index is 0.0405. The minimum atomic E-state index is -0.463. The van der Waals surface area contributed by atoms with E-state index in [-0.39, 0.29) is 11.0 Å². The van der Waals surface area contributed by atoms with E-state index in [1.54, 1.807) is 24.3 Å². The fourth-order valence-corrected chi connectivity index (χ4v) is 2.00. The van der Waals surface area contributed by atoms with Crippen LogP contribution in [0, 0.1) is 5.82 Å². The van der Waals surface area contributed by atoms with Crippen molar-refractivity contribution in [3.05, 3.63) is 64.6 Å². The van der Waals surface area contributed by atoms with Gasteiger partial charge in [-0.25, -0.2) is 4.39 Å². The second-order valence-corrected chi connectivity index (χ2v) is 4.11. The van der Waals surface area contributed by atoms with Gasteiger partial charge in [-0.3, -0.25) is 4.79 Å². The van der Waals surface area contributed by atoms with Crippen LogP contribution >= 0.6 is 0 Å². The van der Waals surface area contributed by atoms with Gasteiger partial charge < -0.3 is 9.52 Å². The number of halogens is 1. The van der Waals surface area contributed by atoms with Crippen molar-refractivity contribution in [2.24, 2.45) is 0 Å². The van der Waals surface area contributed by atoms with Crippen molar-refractivity contribution < 1.29 is 13.9 Å². The molecule has 3 rings (SSSR count). The second-order valence-electron chi connectivity index (χ2n) is 4.11. The fraction of sp³-hybridized carbons (Fsp3) is 0. The highest BCUT2D eigenvalue weighted by atomic mass is 19.1. The summed E-state index contributed by atoms with van der Waals surface area (Å²) >= 11 is 0. The van der Waals surface area contributed by atoms with Crippen LogP contribution in [0.3, 0.4) is 0 Å². The third kappa shape index (κ3) is 1.87. The molecule has 4 heteroatoms. The van der Waals surface area contributed by atoms with Crippen molar-refractivity contribution in [2.45, 2.75) is 0 Å². The molecule has 19 heavy (non-hydrogen) atoms. The Kier molecular flexibility index (Phi) is 2.56. The zero-order chi connectivity index (χ0) is 13.4. The number of benzene rings is 2. The summed E-state index contributed by atoms with van der Waals surface area (Å²) in [6.07, 6.45) is 0. The van der Waals surface area contributed by atoms with Gasteiger partial charge >= 0.3 is 0 Å². The molecular formula is C15H9FO3. The molecule has 0 bridgehead atoms. The number of hydrogen-bond donors (Lipinski definition) is 1. The molecule has 0 fully saturated rings. The van der Waals surface area contributed by atoms with Gasteiger partial charge in [0.15, 0.2) is 0 Å². The molecule has 1 aromatic heterocycles. The maximum Gasteiger partial charge on any atom is 0.294 e. The summed E-state index contributed by atoms with van der Waals surface area (Å²) in [4.78, 5) is 12.3. The Morgan fingerprint density at radius 1 is 1.00 bits per heavy atom. The van der Waals surface area contributed by atoms with E-state index >= 15 is 0 Å². The van der Waals surface area contributed by atoms with Crippen molar-refractivity contribution in [1.29, 1.82) is 0 Å². The molecule has 0 spiro atoms. The molecule has 1 heterocycles. The summed E-state index contributed by atoms with van der Waals surface area (Å²) in [5, 5.41) is 10.2. The number of para-hydroxylation sites is 1. The highest BCUT2D eigenvalue weighted by Crippen LogP contribution is 2.29.